The summed E-state index contributed by atoms with van der Waals surface area (Å²) in [7, 11) is 0. The van der Waals surface area contributed by atoms with Crippen LogP contribution in [0.3, 0.4) is 0 Å². The molecule has 3 N–H and O–H groups in total. The molecule has 0 aromatic rings. The van der Waals surface area contributed by atoms with Gasteiger partial charge in [0, 0.05) is 17.3 Å². The van der Waals surface area contributed by atoms with Crippen LogP contribution in [-0.2, 0) is 4.79 Å². The van der Waals surface area contributed by atoms with Crippen molar-refractivity contribution in [3.63, 3.8) is 0 Å². The topological polar surface area (TPSA) is 66.9 Å². The molecule has 0 bridgehead atoms. The molecule has 0 radical (unpaired) electrons. The van der Waals surface area contributed by atoms with E-state index in [4.69, 9.17) is 11.1 Å². The van der Waals surface area contributed by atoms with E-state index in [-0.39, 0.29) is 17.6 Å². The first kappa shape index (κ1) is 16.4. The van der Waals surface area contributed by atoms with Crippen LogP contribution in [0.25, 0.3) is 0 Å². The molecule has 0 saturated heterocycles. The Morgan fingerprint density at radius 1 is 1.11 bits per heavy atom. The fourth-order valence-electron chi connectivity index (χ4n) is 1.36. The van der Waals surface area contributed by atoms with E-state index >= 15 is 0 Å². The van der Waals surface area contributed by atoms with Gasteiger partial charge in [0.05, 0.1) is 5.57 Å². The van der Waals surface area contributed by atoms with Gasteiger partial charge in [-0.3, -0.25) is 4.79 Å². The van der Waals surface area contributed by atoms with Crippen molar-refractivity contribution in [2.24, 2.45) is 17.6 Å². The van der Waals surface area contributed by atoms with E-state index in [0.717, 1.165) is 0 Å². The predicted octanol–water partition coefficient (Wildman–Crippen LogP) is 3.23. The fourth-order valence-corrected chi connectivity index (χ4v) is 1.36. The molecule has 0 spiro atoms. The van der Waals surface area contributed by atoms with E-state index in [9.17, 15) is 4.79 Å². The Morgan fingerprint density at radius 2 is 1.67 bits per heavy atom. The maximum Gasteiger partial charge on any atom is 0.169 e. The van der Waals surface area contributed by atoms with Gasteiger partial charge in [-0.1, -0.05) is 45.9 Å². The maximum absolute atomic E-state index is 12.1. The summed E-state index contributed by atoms with van der Waals surface area (Å²) < 4.78 is 0. The number of hydrogen-bond acceptors (Lipinski definition) is 3. The van der Waals surface area contributed by atoms with Crippen molar-refractivity contribution in [1.29, 1.82) is 5.41 Å². The van der Waals surface area contributed by atoms with E-state index in [1.807, 2.05) is 46.8 Å². The molecule has 0 aliphatic rings. The van der Waals surface area contributed by atoms with Gasteiger partial charge in [-0.05, 0) is 18.9 Å². The number of ketones is 1. The molecule has 0 aliphatic heterocycles. The quantitative estimate of drug-likeness (QED) is 0.430. The van der Waals surface area contributed by atoms with Gasteiger partial charge in [-0.2, -0.15) is 0 Å². The van der Waals surface area contributed by atoms with Gasteiger partial charge in [0.15, 0.2) is 5.78 Å². The number of carbonyl (C=O) groups excluding carboxylic acids is 1. The molecule has 0 saturated carbocycles. The lowest BCUT2D eigenvalue weighted by Gasteiger charge is -2.15. The summed E-state index contributed by atoms with van der Waals surface area (Å²) in [6.07, 6.45) is 7.16. The van der Waals surface area contributed by atoms with Gasteiger partial charge >= 0.3 is 0 Å². The minimum atomic E-state index is -0.159. The highest BCUT2D eigenvalue weighted by Gasteiger charge is 2.22. The van der Waals surface area contributed by atoms with E-state index in [0.29, 0.717) is 17.0 Å². The Kier molecular flexibility index (Phi) is 6.94. The lowest BCUT2D eigenvalue weighted by Crippen LogP contribution is -2.24. The van der Waals surface area contributed by atoms with Crippen molar-refractivity contribution >= 4 is 11.5 Å². The van der Waals surface area contributed by atoms with Crippen molar-refractivity contribution in [3.05, 3.63) is 35.6 Å². The number of rotatable bonds is 6. The second-order valence-corrected chi connectivity index (χ2v) is 4.80. The Labute approximate surface area is 110 Å². The third-order valence-corrected chi connectivity index (χ3v) is 2.49. The first-order valence-corrected chi connectivity index (χ1v) is 6.25. The Bertz CT molecular complexity index is 377. The van der Waals surface area contributed by atoms with E-state index < -0.39 is 0 Å². The Hall–Kier alpha value is -1.64. The lowest BCUT2D eigenvalue weighted by molar-refractivity contribution is -0.117. The third-order valence-electron chi connectivity index (χ3n) is 2.49. The summed E-state index contributed by atoms with van der Waals surface area (Å²) in [4.78, 5) is 12.1. The summed E-state index contributed by atoms with van der Waals surface area (Å²) >= 11 is 0. The Morgan fingerprint density at radius 3 is 2.06 bits per heavy atom. The van der Waals surface area contributed by atoms with E-state index in [1.54, 1.807) is 12.2 Å². The number of Topliss-reactive ketones (excluding diaryl/α,β-unsaturated/α-hetero) is 1. The van der Waals surface area contributed by atoms with Crippen LogP contribution < -0.4 is 5.73 Å². The number of nitrogens with two attached hydrogens (primary N) is 1. The van der Waals surface area contributed by atoms with Crippen LogP contribution in [0.4, 0.5) is 0 Å². The molecule has 0 atom stereocenters. The maximum atomic E-state index is 12.1. The van der Waals surface area contributed by atoms with Crippen LogP contribution in [0.2, 0.25) is 0 Å². The van der Waals surface area contributed by atoms with Crippen molar-refractivity contribution in [1.82, 2.24) is 0 Å². The minimum absolute atomic E-state index is 0.0173. The van der Waals surface area contributed by atoms with Crippen LogP contribution in [0.5, 0.6) is 0 Å². The molecular weight excluding hydrogens is 224 g/mol. The second kappa shape index (κ2) is 7.64. The first-order chi connectivity index (χ1) is 8.32. The van der Waals surface area contributed by atoms with Gasteiger partial charge in [0.2, 0.25) is 0 Å². The highest BCUT2D eigenvalue weighted by molar-refractivity contribution is 6.23. The molecule has 0 rings (SSSR count). The first-order valence-electron chi connectivity index (χ1n) is 6.25. The fraction of sp³-hybridized carbons (Fsp3) is 0.467. The number of allylic oxidation sites excluding steroid dienone is 5. The standard InChI is InChI=1S/C15H24N2O/c1-6-7-8-9-12(16)13(14(17)10(2)3)15(18)11(4)5/h6-11,17H,16H2,1-5H3/b7-6-,9-8-,13-12+,17-14?. The molecule has 0 amide bonds. The van der Waals surface area contributed by atoms with Gasteiger partial charge < -0.3 is 11.1 Å². The van der Waals surface area contributed by atoms with Crippen LogP contribution in [-0.4, -0.2) is 11.5 Å². The molecule has 100 valence electrons. The zero-order chi connectivity index (χ0) is 14.3. The predicted molar refractivity (Wildman–Crippen MR) is 77.6 cm³/mol. The second-order valence-electron chi connectivity index (χ2n) is 4.80. The smallest absolute Gasteiger partial charge is 0.169 e. The van der Waals surface area contributed by atoms with Crippen molar-refractivity contribution < 1.29 is 4.79 Å². The van der Waals surface area contributed by atoms with E-state index in [1.165, 1.54) is 0 Å². The van der Waals surface area contributed by atoms with Crippen molar-refractivity contribution in [2.45, 2.75) is 34.6 Å². The summed E-state index contributed by atoms with van der Waals surface area (Å²) in [6, 6.07) is 0. The van der Waals surface area contributed by atoms with Crippen molar-refractivity contribution in [2.75, 3.05) is 0 Å². The minimum Gasteiger partial charge on any atom is -0.398 e. The zero-order valence-corrected chi connectivity index (χ0v) is 11.9. The zero-order valence-electron chi connectivity index (χ0n) is 11.9. The molecule has 3 nitrogen and oxygen atoms in total. The number of carbonyl (C=O) groups is 1. The highest BCUT2D eigenvalue weighted by Crippen LogP contribution is 2.15. The summed E-state index contributed by atoms with van der Waals surface area (Å²) in [5, 5.41) is 8.02. The van der Waals surface area contributed by atoms with Gasteiger partial charge in [0.25, 0.3) is 0 Å². The van der Waals surface area contributed by atoms with Crippen molar-refractivity contribution in [3.8, 4) is 0 Å². The van der Waals surface area contributed by atoms with Crippen LogP contribution in [0.1, 0.15) is 34.6 Å². The molecule has 0 aliphatic carbocycles. The number of nitrogens with one attached hydrogen (secondary N) is 1. The molecule has 3 heteroatoms. The molecule has 0 unspecified atom stereocenters. The third kappa shape index (κ3) is 4.70. The van der Waals surface area contributed by atoms with Crippen LogP contribution >= 0.6 is 0 Å². The normalized spacial score (nSPS) is 13.7. The summed E-state index contributed by atoms with van der Waals surface area (Å²) in [5.74, 6) is -0.250. The summed E-state index contributed by atoms with van der Waals surface area (Å²) in [6.45, 7) is 9.32. The van der Waals surface area contributed by atoms with Gasteiger partial charge in [-0.15, -0.1) is 0 Å². The SMILES string of the molecule is C\C=C/C=C\C(N)=C(\C(=N)C(C)C)C(=O)C(C)C. The molecule has 18 heavy (non-hydrogen) atoms. The summed E-state index contributed by atoms with van der Waals surface area (Å²) in [5.41, 5.74) is 6.95. The number of hydrogen-bond donors (Lipinski definition) is 2. The molecule has 0 aromatic carbocycles. The molecule has 0 aromatic heterocycles. The molecular formula is C15H24N2O. The van der Waals surface area contributed by atoms with E-state index in [2.05, 4.69) is 0 Å². The largest absolute Gasteiger partial charge is 0.398 e. The van der Waals surface area contributed by atoms with Gasteiger partial charge in [-0.25, -0.2) is 0 Å². The molecule has 0 fully saturated rings. The average molecular weight is 248 g/mol. The molecule has 0 heterocycles. The lowest BCUT2D eigenvalue weighted by atomic mass is 9.90. The van der Waals surface area contributed by atoms with Crippen LogP contribution in [0, 0.1) is 17.2 Å². The van der Waals surface area contributed by atoms with Gasteiger partial charge in [0.1, 0.15) is 0 Å². The highest BCUT2D eigenvalue weighted by atomic mass is 16.1. The van der Waals surface area contributed by atoms with Crippen LogP contribution in [0.15, 0.2) is 35.6 Å². The monoisotopic (exact) mass is 248 g/mol. The average Bonchev–Trinajstić information content (AvgIpc) is 2.29. The Balaban J connectivity index is 5.52.